The summed E-state index contributed by atoms with van der Waals surface area (Å²) in [6.45, 7) is 1.70. The fourth-order valence-corrected chi connectivity index (χ4v) is 3.74. The van der Waals surface area contributed by atoms with Crippen LogP contribution in [-0.4, -0.2) is 35.0 Å². The van der Waals surface area contributed by atoms with Gasteiger partial charge >= 0.3 is 0 Å². The van der Waals surface area contributed by atoms with Crippen molar-refractivity contribution in [3.8, 4) is 0 Å². The van der Waals surface area contributed by atoms with E-state index in [9.17, 15) is 14.3 Å². The number of thiophene rings is 1. The van der Waals surface area contributed by atoms with E-state index in [-0.39, 0.29) is 24.3 Å². The van der Waals surface area contributed by atoms with Gasteiger partial charge < -0.3 is 10.4 Å². The summed E-state index contributed by atoms with van der Waals surface area (Å²) in [7, 11) is 0. The van der Waals surface area contributed by atoms with Gasteiger partial charge in [-0.05, 0) is 59.5 Å². The molecule has 0 aliphatic carbocycles. The van der Waals surface area contributed by atoms with Crippen molar-refractivity contribution in [3.63, 3.8) is 0 Å². The third-order valence-electron chi connectivity index (χ3n) is 4.36. The highest BCUT2D eigenvalue weighted by molar-refractivity contribution is 7.07. The number of hydrogen-bond donors (Lipinski definition) is 2. The van der Waals surface area contributed by atoms with Crippen LogP contribution in [-0.2, 0) is 11.3 Å². The summed E-state index contributed by atoms with van der Waals surface area (Å²) >= 11 is 1.52. The summed E-state index contributed by atoms with van der Waals surface area (Å²) in [6, 6.07) is 8.06. The summed E-state index contributed by atoms with van der Waals surface area (Å²) in [6.07, 6.45) is 1.10. The number of carbonyl (C=O) groups is 1. The van der Waals surface area contributed by atoms with Gasteiger partial charge in [0.05, 0.1) is 12.1 Å². The molecule has 1 aliphatic heterocycles. The molecule has 1 aliphatic rings. The van der Waals surface area contributed by atoms with Gasteiger partial charge in [-0.25, -0.2) is 4.39 Å². The maximum Gasteiger partial charge on any atom is 0.237 e. The Hall–Kier alpha value is -1.76. The molecular formula is C18H21FN2O2S. The molecule has 2 aromatic rings. The lowest BCUT2D eigenvalue weighted by atomic mass is 10.1. The monoisotopic (exact) mass is 348 g/mol. The average Bonchev–Trinajstić information content (AvgIpc) is 3.26. The Balaban J connectivity index is 1.54. The smallest absolute Gasteiger partial charge is 0.237 e. The van der Waals surface area contributed by atoms with Crippen molar-refractivity contribution in [1.29, 1.82) is 0 Å². The second-order valence-electron chi connectivity index (χ2n) is 6.07. The number of nitrogens with one attached hydrogen (secondary N) is 1. The Bertz CT molecular complexity index is 660. The van der Waals surface area contributed by atoms with Crippen molar-refractivity contribution in [3.05, 3.63) is 58.0 Å². The van der Waals surface area contributed by atoms with E-state index < -0.39 is 6.10 Å². The number of amides is 1. The van der Waals surface area contributed by atoms with E-state index in [2.05, 4.69) is 10.2 Å². The van der Waals surface area contributed by atoms with E-state index in [4.69, 9.17) is 0 Å². The quantitative estimate of drug-likeness (QED) is 0.844. The van der Waals surface area contributed by atoms with Gasteiger partial charge in [0.1, 0.15) is 5.82 Å². The van der Waals surface area contributed by atoms with Crippen molar-refractivity contribution >= 4 is 17.2 Å². The molecule has 2 atom stereocenters. The minimum atomic E-state index is -0.674. The van der Waals surface area contributed by atoms with Gasteiger partial charge in [-0.1, -0.05) is 12.1 Å². The minimum Gasteiger partial charge on any atom is -0.387 e. The Morgan fingerprint density at radius 3 is 2.88 bits per heavy atom. The van der Waals surface area contributed by atoms with Crippen LogP contribution in [0.3, 0.4) is 0 Å². The fraction of sp³-hybridized carbons (Fsp3) is 0.389. The van der Waals surface area contributed by atoms with Crippen LogP contribution in [0.1, 0.15) is 30.1 Å². The fourth-order valence-electron chi connectivity index (χ4n) is 3.03. The van der Waals surface area contributed by atoms with Crippen LogP contribution in [0.5, 0.6) is 0 Å². The molecule has 0 bridgehead atoms. The molecular weight excluding hydrogens is 327 g/mol. The molecule has 0 saturated carbocycles. The zero-order chi connectivity index (χ0) is 16.9. The molecule has 6 heteroatoms. The predicted molar refractivity (Wildman–Crippen MR) is 92.1 cm³/mol. The molecule has 1 amide bonds. The molecule has 0 unspecified atom stereocenters. The van der Waals surface area contributed by atoms with E-state index in [0.717, 1.165) is 30.5 Å². The molecule has 4 nitrogen and oxygen atoms in total. The van der Waals surface area contributed by atoms with E-state index in [0.29, 0.717) is 6.54 Å². The van der Waals surface area contributed by atoms with Crippen molar-refractivity contribution in [2.75, 3.05) is 13.1 Å². The third-order valence-corrected chi connectivity index (χ3v) is 5.06. The Morgan fingerprint density at radius 2 is 2.17 bits per heavy atom. The van der Waals surface area contributed by atoms with Crippen LogP contribution in [0.2, 0.25) is 0 Å². The van der Waals surface area contributed by atoms with E-state index in [1.165, 1.54) is 23.5 Å². The number of rotatable bonds is 6. The van der Waals surface area contributed by atoms with Crippen molar-refractivity contribution in [2.45, 2.75) is 31.5 Å². The molecule has 128 valence electrons. The third kappa shape index (κ3) is 4.20. The van der Waals surface area contributed by atoms with E-state index in [1.54, 1.807) is 12.1 Å². The summed E-state index contributed by atoms with van der Waals surface area (Å²) in [5.41, 5.74) is 1.82. The lowest BCUT2D eigenvalue weighted by Crippen LogP contribution is -2.44. The van der Waals surface area contributed by atoms with Crippen LogP contribution in [0.25, 0.3) is 0 Å². The number of benzene rings is 1. The molecule has 0 spiro atoms. The van der Waals surface area contributed by atoms with Gasteiger partial charge in [0.15, 0.2) is 0 Å². The molecule has 1 aromatic heterocycles. The number of aliphatic hydroxyl groups excluding tert-OH is 1. The average molecular weight is 348 g/mol. The highest BCUT2D eigenvalue weighted by atomic mass is 32.1. The van der Waals surface area contributed by atoms with Crippen LogP contribution in [0.15, 0.2) is 41.1 Å². The lowest BCUT2D eigenvalue weighted by molar-refractivity contribution is -0.126. The minimum absolute atomic E-state index is 0.0520. The Labute approximate surface area is 144 Å². The van der Waals surface area contributed by atoms with E-state index >= 15 is 0 Å². The maximum absolute atomic E-state index is 13.0. The Kier molecular flexibility index (Phi) is 5.60. The van der Waals surface area contributed by atoms with Gasteiger partial charge in [-0.3, -0.25) is 9.69 Å². The number of nitrogens with zero attached hydrogens (tertiary/aromatic N) is 1. The number of hydrogen-bond acceptors (Lipinski definition) is 4. The number of aliphatic hydroxyl groups is 1. The first-order valence-corrected chi connectivity index (χ1v) is 9.04. The number of carbonyl (C=O) groups excluding carboxylic acids is 1. The molecule has 1 fully saturated rings. The number of likely N-dealkylation sites (tertiary alicyclic amines) is 1. The maximum atomic E-state index is 13.0. The van der Waals surface area contributed by atoms with Gasteiger partial charge in [0.2, 0.25) is 5.91 Å². The number of halogens is 1. The molecule has 2 heterocycles. The summed E-state index contributed by atoms with van der Waals surface area (Å²) in [5, 5.41) is 16.7. The molecule has 1 saturated heterocycles. The lowest BCUT2D eigenvalue weighted by Gasteiger charge is -2.24. The van der Waals surface area contributed by atoms with E-state index in [1.807, 2.05) is 16.8 Å². The topological polar surface area (TPSA) is 52.6 Å². The highest BCUT2D eigenvalue weighted by Gasteiger charge is 2.30. The van der Waals surface area contributed by atoms with Crippen molar-refractivity contribution in [2.24, 2.45) is 0 Å². The van der Waals surface area contributed by atoms with Crippen molar-refractivity contribution in [1.82, 2.24) is 10.2 Å². The summed E-state index contributed by atoms with van der Waals surface area (Å²) in [5.74, 6) is -0.305. The molecule has 0 radical (unpaired) electrons. The first kappa shape index (κ1) is 17.1. The summed E-state index contributed by atoms with van der Waals surface area (Å²) in [4.78, 5) is 14.6. The molecule has 3 rings (SSSR count). The van der Waals surface area contributed by atoms with Gasteiger partial charge in [0, 0.05) is 13.1 Å². The van der Waals surface area contributed by atoms with Crippen LogP contribution in [0.4, 0.5) is 4.39 Å². The zero-order valence-corrected chi connectivity index (χ0v) is 14.1. The first-order valence-electron chi connectivity index (χ1n) is 8.10. The molecule has 2 N–H and O–H groups in total. The van der Waals surface area contributed by atoms with Crippen LogP contribution < -0.4 is 5.32 Å². The van der Waals surface area contributed by atoms with Gasteiger partial charge in [-0.2, -0.15) is 11.3 Å². The zero-order valence-electron chi connectivity index (χ0n) is 13.3. The molecule has 24 heavy (non-hydrogen) atoms. The van der Waals surface area contributed by atoms with Gasteiger partial charge in [0.25, 0.3) is 0 Å². The normalized spacial score (nSPS) is 19.3. The van der Waals surface area contributed by atoms with Gasteiger partial charge in [-0.15, -0.1) is 0 Å². The Morgan fingerprint density at radius 1 is 1.38 bits per heavy atom. The highest BCUT2D eigenvalue weighted by Crippen LogP contribution is 2.21. The van der Waals surface area contributed by atoms with Crippen LogP contribution >= 0.6 is 11.3 Å². The van der Waals surface area contributed by atoms with Crippen molar-refractivity contribution < 1.29 is 14.3 Å². The second kappa shape index (κ2) is 7.88. The largest absolute Gasteiger partial charge is 0.387 e. The summed E-state index contributed by atoms with van der Waals surface area (Å²) < 4.78 is 13.0. The SMILES string of the molecule is O=C(NC[C@H](O)c1ccsc1)[C@@H]1CCCN1Cc1ccc(F)cc1. The predicted octanol–water partition coefficient (Wildman–Crippen LogP) is 2.70. The first-order chi connectivity index (χ1) is 11.6. The molecule has 1 aromatic carbocycles. The second-order valence-corrected chi connectivity index (χ2v) is 6.85. The van der Waals surface area contributed by atoms with Crippen LogP contribution in [0, 0.1) is 5.82 Å². The standard InChI is InChI=1S/C18H21FN2O2S/c19-15-5-3-13(4-6-15)11-21-8-1-2-16(21)18(23)20-10-17(22)14-7-9-24-12-14/h3-7,9,12,16-17,22H,1-2,8,10-11H2,(H,20,23)/t16-,17-/m0/s1.